The maximum Gasteiger partial charge on any atom is 0.221 e. The van der Waals surface area contributed by atoms with E-state index >= 15 is 0 Å². The van der Waals surface area contributed by atoms with Gasteiger partial charge in [0, 0.05) is 30.4 Å². The first-order valence-electron chi connectivity index (χ1n) is 6.10. The number of nitrogens with one attached hydrogen (secondary N) is 2. The van der Waals surface area contributed by atoms with Gasteiger partial charge in [-0.05, 0) is 30.3 Å². The molecule has 0 aliphatic heterocycles. The van der Waals surface area contributed by atoms with E-state index in [2.05, 4.69) is 10.6 Å². The lowest BCUT2D eigenvalue weighted by Gasteiger charge is -2.10. The number of carbonyl (C=O) groups excluding carboxylic acids is 1. The second-order valence-electron chi connectivity index (χ2n) is 4.32. The van der Waals surface area contributed by atoms with Gasteiger partial charge in [0.1, 0.15) is 11.6 Å². The van der Waals surface area contributed by atoms with Gasteiger partial charge in [0.15, 0.2) is 0 Å². The van der Waals surface area contributed by atoms with E-state index in [-0.39, 0.29) is 18.0 Å². The molecule has 2 N–H and O–H groups in total. The molecule has 20 heavy (non-hydrogen) atoms. The Morgan fingerprint density at radius 3 is 2.30 bits per heavy atom. The molecule has 0 radical (unpaired) electrons. The first kappa shape index (κ1) is 14.0. The Labute approximate surface area is 115 Å². The highest BCUT2D eigenvalue weighted by Gasteiger charge is 2.07. The summed E-state index contributed by atoms with van der Waals surface area (Å²) in [6, 6.07) is 10.7. The van der Waals surface area contributed by atoms with Crippen LogP contribution in [0.1, 0.15) is 12.5 Å². The van der Waals surface area contributed by atoms with E-state index in [1.807, 2.05) is 0 Å². The lowest BCUT2D eigenvalue weighted by atomic mass is 10.2. The SMILES string of the molecule is CC(=O)Nc1cccc(NCc2c(F)cccc2F)c1. The molecule has 5 heteroatoms. The molecule has 0 aliphatic rings. The summed E-state index contributed by atoms with van der Waals surface area (Å²) in [5, 5.41) is 5.56. The van der Waals surface area contributed by atoms with Gasteiger partial charge in [-0.25, -0.2) is 8.78 Å². The fourth-order valence-electron chi connectivity index (χ4n) is 1.80. The molecule has 0 bridgehead atoms. The van der Waals surface area contributed by atoms with Crippen molar-refractivity contribution in [3.63, 3.8) is 0 Å². The normalized spacial score (nSPS) is 10.2. The molecular weight excluding hydrogens is 262 g/mol. The van der Waals surface area contributed by atoms with Gasteiger partial charge in [-0.3, -0.25) is 4.79 Å². The molecule has 0 saturated heterocycles. The number of benzene rings is 2. The zero-order chi connectivity index (χ0) is 14.5. The molecule has 104 valence electrons. The maximum absolute atomic E-state index is 13.5. The van der Waals surface area contributed by atoms with Gasteiger partial charge in [0.05, 0.1) is 0 Å². The minimum atomic E-state index is -0.587. The third kappa shape index (κ3) is 3.54. The number of hydrogen-bond donors (Lipinski definition) is 2. The molecule has 2 rings (SSSR count). The largest absolute Gasteiger partial charge is 0.381 e. The monoisotopic (exact) mass is 276 g/mol. The predicted molar refractivity (Wildman–Crippen MR) is 74.4 cm³/mol. The van der Waals surface area contributed by atoms with Crippen molar-refractivity contribution < 1.29 is 13.6 Å². The van der Waals surface area contributed by atoms with Crippen LogP contribution < -0.4 is 10.6 Å². The number of carbonyl (C=O) groups is 1. The van der Waals surface area contributed by atoms with E-state index in [0.29, 0.717) is 11.4 Å². The Morgan fingerprint density at radius 2 is 1.65 bits per heavy atom. The van der Waals surface area contributed by atoms with E-state index in [9.17, 15) is 13.6 Å². The molecule has 0 aliphatic carbocycles. The zero-order valence-electron chi connectivity index (χ0n) is 10.9. The average Bonchev–Trinajstić information content (AvgIpc) is 2.38. The van der Waals surface area contributed by atoms with E-state index in [1.54, 1.807) is 24.3 Å². The molecule has 2 aromatic rings. The van der Waals surface area contributed by atoms with Crippen LogP contribution in [0.5, 0.6) is 0 Å². The van der Waals surface area contributed by atoms with Crippen molar-refractivity contribution in [2.45, 2.75) is 13.5 Å². The molecule has 3 nitrogen and oxygen atoms in total. The number of anilines is 2. The Bertz CT molecular complexity index is 609. The van der Waals surface area contributed by atoms with E-state index in [4.69, 9.17) is 0 Å². The van der Waals surface area contributed by atoms with Crippen LogP contribution in [0.2, 0.25) is 0 Å². The van der Waals surface area contributed by atoms with Crippen LogP contribution in [0.4, 0.5) is 20.2 Å². The fraction of sp³-hybridized carbons (Fsp3) is 0.133. The topological polar surface area (TPSA) is 41.1 Å². The summed E-state index contributed by atoms with van der Waals surface area (Å²) < 4.78 is 26.9. The molecule has 0 fully saturated rings. The number of rotatable bonds is 4. The lowest BCUT2D eigenvalue weighted by Crippen LogP contribution is -2.07. The Hall–Kier alpha value is -2.43. The van der Waals surface area contributed by atoms with Gasteiger partial charge < -0.3 is 10.6 Å². The summed E-state index contributed by atoms with van der Waals surface area (Å²) in [6.07, 6.45) is 0. The molecule has 1 amide bonds. The van der Waals surface area contributed by atoms with Crippen molar-refractivity contribution in [1.29, 1.82) is 0 Å². The second-order valence-corrected chi connectivity index (χ2v) is 4.32. The lowest BCUT2D eigenvalue weighted by molar-refractivity contribution is -0.114. The van der Waals surface area contributed by atoms with E-state index in [0.717, 1.165) is 0 Å². The first-order valence-corrected chi connectivity index (χ1v) is 6.10. The summed E-state index contributed by atoms with van der Waals surface area (Å²) in [5.74, 6) is -1.35. The van der Waals surface area contributed by atoms with Gasteiger partial charge in [-0.1, -0.05) is 12.1 Å². The van der Waals surface area contributed by atoms with Crippen molar-refractivity contribution in [1.82, 2.24) is 0 Å². The van der Waals surface area contributed by atoms with Crippen LogP contribution in [0.3, 0.4) is 0 Å². The summed E-state index contributed by atoms with van der Waals surface area (Å²) in [6.45, 7) is 1.44. The second kappa shape index (κ2) is 6.14. The van der Waals surface area contributed by atoms with Crippen molar-refractivity contribution in [3.05, 3.63) is 59.7 Å². The van der Waals surface area contributed by atoms with E-state index < -0.39 is 11.6 Å². The van der Waals surface area contributed by atoms with E-state index in [1.165, 1.54) is 25.1 Å². The molecule has 0 heterocycles. The summed E-state index contributed by atoms with van der Waals surface area (Å²) in [4.78, 5) is 11.0. The highest BCUT2D eigenvalue weighted by Crippen LogP contribution is 2.18. The minimum Gasteiger partial charge on any atom is -0.381 e. The molecule has 0 atom stereocenters. The fourth-order valence-corrected chi connectivity index (χ4v) is 1.80. The Morgan fingerprint density at radius 1 is 1.05 bits per heavy atom. The van der Waals surface area contributed by atoms with Crippen molar-refractivity contribution in [3.8, 4) is 0 Å². The summed E-state index contributed by atoms with van der Waals surface area (Å²) in [5.41, 5.74) is 1.27. The standard InChI is InChI=1S/C15H14F2N2O/c1-10(20)19-12-5-2-4-11(8-12)18-9-13-14(16)6-3-7-15(13)17/h2-8,18H,9H2,1H3,(H,19,20). The predicted octanol–water partition coefficient (Wildman–Crippen LogP) is 3.54. The highest BCUT2D eigenvalue weighted by molar-refractivity contribution is 5.89. The van der Waals surface area contributed by atoms with Crippen molar-refractivity contribution >= 4 is 17.3 Å². The molecule has 2 aromatic carbocycles. The third-order valence-corrected chi connectivity index (χ3v) is 2.71. The van der Waals surface area contributed by atoms with Crippen LogP contribution >= 0.6 is 0 Å². The number of halogens is 2. The zero-order valence-corrected chi connectivity index (χ0v) is 10.9. The van der Waals surface area contributed by atoms with Crippen molar-refractivity contribution in [2.75, 3.05) is 10.6 Å². The van der Waals surface area contributed by atoms with Crippen molar-refractivity contribution in [2.24, 2.45) is 0 Å². The van der Waals surface area contributed by atoms with Crippen LogP contribution in [-0.4, -0.2) is 5.91 Å². The highest BCUT2D eigenvalue weighted by atomic mass is 19.1. The molecular formula is C15H14F2N2O. The molecule has 0 spiro atoms. The first-order chi connectivity index (χ1) is 9.56. The van der Waals surface area contributed by atoms with Gasteiger partial charge in [-0.2, -0.15) is 0 Å². The van der Waals surface area contributed by atoms with Crippen LogP contribution in [0.25, 0.3) is 0 Å². The summed E-state index contributed by atoms with van der Waals surface area (Å²) >= 11 is 0. The number of amides is 1. The van der Waals surface area contributed by atoms with Gasteiger partial charge >= 0.3 is 0 Å². The molecule has 0 aromatic heterocycles. The van der Waals surface area contributed by atoms with Crippen LogP contribution in [0, 0.1) is 11.6 Å². The smallest absolute Gasteiger partial charge is 0.221 e. The Kier molecular flexibility index (Phi) is 4.30. The number of hydrogen-bond acceptors (Lipinski definition) is 2. The van der Waals surface area contributed by atoms with Gasteiger partial charge in [-0.15, -0.1) is 0 Å². The molecule has 0 saturated carbocycles. The van der Waals surface area contributed by atoms with Crippen LogP contribution in [0.15, 0.2) is 42.5 Å². The quantitative estimate of drug-likeness (QED) is 0.896. The van der Waals surface area contributed by atoms with Gasteiger partial charge in [0.25, 0.3) is 0 Å². The van der Waals surface area contributed by atoms with Crippen LogP contribution in [-0.2, 0) is 11.3 Å². The third-order valence-electron chi connectivity index (χ3n) is 2.71. The minimum absolute atomic E-state index is 0.0163. The Balaban J connectivity index is 2.09. The average molecular weight is 276 g/mol. The summed E-state index contributed by atoms with van der Waals surface area (Å²) in [7, 11) is 0. The molecule has 0 unspecified atom stereocenters. The van der Waals surface area contributed by atoms with Gasteiger partial charge in [0.2, 0.25) is 5.91 Å². The maximum atomic E-state index is 13.5.